The van der Waals surface area contributed by atoms with Gasteiger partial charge in [0, 0.05) is 38.7 Å². The van der Waals surface area contributed by atoms with Crippen LogP contribution in [0.25, 0.3) is 0 Å². The lowest BCUT2D eigenvalue weighted by Gasteiger charge is -2.32. The molecular formula is C18H21FN4O2. The van der Waals surface area contributed by atoms with Crippen molar-refractivity contribution in [3.63, 3.8) is 0 Å². The smallest absolute Gasteiger partial charge is 0.268 e. The molecular weight excluding hydrogens is 323 g/mol. The Morgan fingerprint density at radius 1 is 1.28 bits per heavy atom. The number of benzene rings is 1. The quantitative estimate of drug-likeness (QED) is 0.912. The van der Waals surface area contributed by atoms with Crippen LogP contribution in [0, 0.1) is 11.7 Å². The molecule has 7 heteroatoms. The van der Waals surface area contributed by atoms with Crippen molar-refractivity contribution >= 4 is 11.6 Å². The molecule has 132 valence electrons. The fourth-order valence-electron chi connectivity index (χ4n) is 2.97. The van der Waals surface area contributed by atoms with Crippen molar-refractivity contribution in [2.45, 2.75) is 19.4 Å². The van der Waals surface area contributed by atoms with Crippen LogP contribution in [0.15, 0.2) is 41.3 Å². The summed E-state index contributed by atoms with van der Waals surface area (Å²) in [4.78, 5) is 26.1. The Labute approximate surface area is 145 Å². The van der Waals surface area contributed by atoms with E-state index >= 15 is 0 Å². The number of anilines is 1. The lowest BCUT2D eigenvalue weighted by Crippen LogP contribution is -2.40. The normalized spacial score (nSPS) is 15.2. The van der Waals surface area contributed by atoms with Gasteiger partial charge in [0.2, 0.25) is 5.91 Å². The van der Waals surface area contributed by atoms with Crippen molar-refractivity contribution in [2.75, 3.05) is 18.0 Å². The van der Waals surface area contributed by atoms with E-state index in [-0.39, 0.29) is 23.2 Å². The first-order valence-corrected chi connectivity index (χ1v) is 8.33. The summed E-state index contributed by atoms with van der Waals surface area (Å²) in [5, 5.41) is 6.95. The first kappa shape index (κ1) is 17.1. The van der Waals surface area contributed by atoms with Gasteiger partial charge in [0.1, 0.15) is 5.82 Å². The largest absolute Gasteiger partial charge is 0.370 e. The van der Waals surface area contributed by atoms with Gasteiger partial charge < -0.3 is 10.2 Å². The number of hydrogen-bond donors (Lipinski definition) is 1. The number of aryl methyl sites for hydroxylation is 1. The van der Waals surface area contributed by atoms with Crippen molar-refractivity contribution < 1.29 is 9.18 Å². The number of carbonyl (C=O) groups is 1. The standard InChI is InChI=1S/C18H21FN4O2/c1-22-17(24)10-16(12-21-22)23-8-6-14(7-9-23)18(25)20-11-13-2-4-15(19)5-3-13/h2-5,10,12,14H,6-9,11H2,1H3,(H,20,25). The van der Waals surface area contributed by atoms with Crippen molar-refractivity contribution in [3.8, 4) is 0 Å². The molecule has 1 N–H and O–H groups in total. The van der Waals surface area contributed by atoms with Crippen molar-refractivity contribution in [1.29, 1.82) is 0 Å². The summed E-state index contributed by atoms with van der Waals surface area (Å²) in [6.45, 7) is 1.82. The van der Waals surface area contributed by atoms with E-state index in [2.05, 4.69) is 15.3 Å². The minimum Gasteiger partial charge on any atom is -0.370 e. The number of amides is 1. The predicted octanol–water partition coefficient (Wildman–Crippen LogP) is 1.45. The maximum Gasteiger partial charge on any atom is 0.268 e. The first-order chi connectivity index (χ1) is 12.0. The monoisotopic (exact) mass is 344 g/mol. The molecule has 0 atom stereocenters. The van der Waals surface area contributed by atoms with Crippen LogP contribution >= 0.6 is 0 Å². The molecule has 1 aromatic heterocycles. The Hall–Kier alpha value is -2.70. The lowest BCUT2D eigenvalue weighted by molar-refractivity contribution is -0.125. The number of nitrogens with zero attached hydrogens (tertiary/aromatic N) is 3. The van der Waals surface area contributed by atoms with Gasteiger partial charge in [0.05, 0.1) is 11.9 Å². The van der Waals surface area contributed by atoms with E-state index in [0.29, 0.717) is 19.6 Å². The van der Waals surface area contributed by atoms with Gasteiger partial charge in [0.15, 0.2) is 0 Å². The molecule has 0 unspecified atom stereocenters. The van der Waals surface area contributed by atoms with Crippen LogP contribution in [0.3, 0.4) is 0 Å². The van der Waals surface area contributed by atoms with Crippen molar-refractivity contribution in [1.82, 2.24) is 15.1 Å². The molecule has 1 aromatic carbocycles. The third-order valence-corrected chi connectivity index (χ3v) is 4.56. The van der Waals surface area contributed by atoms with Crippen LogP contribution in [0.5, 0.6) is 0 Å². The van der Waals surface area contributed by atoms with E-state index < -0.39 is 0 Å². The third-order valence-electron chi connectivity index (χ3n) is 4.56. The highest BCUT2D eigenvalue weighted by Gasteiger charge is 2.25. The number of hydrogen-bond acceptors (Lipinski definition) is 4. The Kier molecular flexibility index (Phi) is 5.11. The molecule has 1 saturated heterocycles. The summed E-state index contributed by atoms with van der Waals surface area (Å²) in [5.41, 5.74) is 1.53. The van der Waals surface area contributed by atoms with Crippen LogP contribution in [0.4, 0.5) is 10.1 Å². The van der Waals surface area contributed by atoms with Gasteiger partial charge in [-0.2, -0.15) is 5.10 Å². The fraction of sp³-hybridized carbons (Fsp3) is 0.389. The second-order valence-electron chi connectivity index (χ2n) is 6.28. The van der Waals surface area contributed by atoms with E-state index in [0.717, 1.165) is 24.1 Å². The molecule has 0 bridgehead atoms. The Bertz CT molecular complexity index is 795. The number of aromatic nitrogens is 2. The van der Waals surface area contributed by atoms with E-state index in [1.54, 1.807) is 31.4 Å². The molecule has 0 saturated carbocycles. The number of halogens is 1. The summed E-state index contributed by atoms with van der Waals surface area (Å²) >= 11 is 0. The molecule has 3 rings (SSSR count). The minimum absolute atomic E-state index is 0.0195. The molecule has 25 heavy (non-hydrogen) atoms. The van der Waals surface area contributed by atoms with Crippen LogP contribution in [0.1, 0.15) is 18.4 Å². The van der Waals surface area contributed by atoms with Gasteiger partial charge in [-0.25, -0.2) is 9.07 Å². The average Bonchev–Trinajstić information content (AvgIpc) is 2.63. The van der Waals surface area contributed by atoms with E-state index in [4.69, 9.17) is 0 Å². The van der Waals surface area contributed by atoms with Gasteiger partial charge in [0.25, 0.3) is 5.56 Å². The van der Waals surface area contributed by atoms with Gasteiger partial charge in [-0.15, -0.1) is 0 Å². The zero-order valence-corrected chi connectivity index (χ0v) is 14.1. The predicted molar refractivity (Wildman–Crippen MR) is 92.7 cm³/mol. The topological polar surface area (TPSA) is 67.2 Å². The van der Waals surface area contributed by atoms with Crippen molar-refractivity contribution in [2.24, 2.45) is 13.0 Å². The van der Waals surface area contributed by atoms with Crippen LogP contribution in [0.2, 0.25) is 0 Å². The zero-order chi connectivity index (χ0) is 17.8. The number of carbonyl (C=O) groups excluding carboxylic acids is 1. The molecule has 1 aliphatic heterocycles. The highest BCUT2D eigenvalue weighted by atomic mass is 19.1. The summed E-state index contributed by atoms with van der Waals surface area (Å²) in [6, 6.07) is 7.68. The van der Waals surface area contributed by atoms with Gasteiger partial charge in [-0.05, 0) is 30.5 Å². The highest BCUT2D eigenvalue weighted by Crippen LogP contribution is 2.22. The molecule has 0 aliphatic carbocycles. The number of nitrogens with one attached hydrogen (secondary N) is 1. The van der Waals surface area contributed by atoms with Crippen molar-refractivity contribution in [3.05, 3.63) is 58.3 Å². The molecule has 2 heterocycles. The number of piperidine rings is 1. The molecule has 1 amide bonds. The lowest BCUT2D eigenvalue weighted by atomic mass is 9.95. The maximum atomic E-state index is 12.9. The summed E-state index contributed by atoms with van der Waals surface area (Å²) in [6.07, 6.45) is 3.13. The summed E-state index contributed by atoms with van der Waals surface area (Å²) < 4.78 is 14.2. The fourth-order valence-corrected chi connectivity index (χ4v) is 2.97. The minimum atomic E-state index is -0.285. The van der Waals surface area contributed by atoms with Gasteiger partial charge in [-0.1, -0.05) is 12.1 Å². The summed E-state index contributed by atoms with van der Waals surface area (Å²) in [7, 11) is 1.61. The zero-order valence-electron chi connectivity index (χ0n) is 14.1. The van der Waals surface area contributed by atoms with Gasteiger partial charge >= 0.3 is 0 Å². The maximum absolute atomic E-state index is 12.9. The Morgan fingerprint density at radius 3 is 2.60 bits per heavy atom. The third kappa shape index (κ3) is 4.23. The Balaban J connectivity index is 1.51. The molecule has 2 aromatic rings. The average molecular weight is 344 g/mol. The van der Waals surface area contributed by atoms with E-state index in [1.165, 1.54) is 16.8 Å². The number of rotatable bonds is 4. The molecule has 0 spiro atoms. The Morgan fingerprint density at radius 2 is 1.96 bits per heavy atom. The van der Waals surface area contributed by atoms with Crippen LogP contribution in [-0.2, 0) is 18.4 Å². The van der Waals surface area contributed by atoms with E-state index in [1.807, 2.05) is 0 Å². The highest BCUT2D eigenvalue weighted by molar-refractivity contribution is 5.79. The second-order valence-corrected chi connectivity index (χ2v) is 6.28. The molecule has 1 aliphatic rings. The summed E-state index contributed by atoms with van der Waals surface area (Å²) in [5.74, 6) is -0.310. The van der Waals surface area contributed by atoms with Crippen LogP contribution in [-0.4, -0.2) is 28.8 Å². The van der Waals surface area contributed by atoms with Crippen LogP contribution < -0.4 is 15.8 Å². The molecule has 1 fully saturated rings. The second kappa shape index (κ2) is 7.46. The molecule has 0 radical (unpaired) electrons. The van der Waals surface area contributed by atoms with E-state index in [9.17, 15) is 14.0 Å². The molecule has 6 nitrogen and oxygen atoms in total. The van der Waals surface area contributed by atoms with Gasteiger partial charge in [-0.3, -0.25) is 9.59 Å². The SMILES string of the molecule is Cn1ncc(N2CCC(C(=O)NCc3ccc(F)cc3)CC2)cc1=O. The first-order valence-electron chi connectivity index (χ1n) is 8.33.